The van der Waals surface area contributed by atoms with Gasteiger partial charge in [0.15, 0.2) is 0 Å². The van der Waals surface area contributed by atoms with Crippen molar-refractivity contribution in [3.05, 3.63) is 35.9 Å². The minimum absolute atomic E-state index is 0.703. The van der Waals surface area contributed by atoms with Gasteiger partial charge in [0.25, 0.3) is 0 Å². The van der Waals surface area contributed by atoms with Crippen LogP contribution < -0.4 is 5.32 Å². The van der Waals surface area contributed by atoms with Gasteiger partial charge in [-0.25, -0.2) is 0 Å². The number of hydrogen-bond donors (Lipinski definition) is 1. The molecule has 1 saturated carbocycles. The molecule has 0 bridgehead atoms. The SMILES string of the molecule is CC1CCC(NC2CCN(Cc3ccccc3)C2)C(C)C1. The zero-order valence-corrected chi connectivity index (χ0v) is 13.6. The third-order valence-corrected chi connectivity index (χ3v) is 5.40. The highest BCUT2D eigenvalue weighted by Gasteiger charge is 2.29. The molecule has 1 N–H and O–H groups in total. The van der Waals surface area contributed by atoms with E-state index in [4.69, 9.17) is 0 Å². The molecule has 1 aliphatic heterocycles. The Labute approximate surface area is 129 Å². The van der Waals surface area contributed by atoms with Crippen LogP contribution in [0, 0.1) is 11.8 Å². The Balaban J connectivity index is 1.46. The molecule has 0 radical (unpaired) electrons. The number of hydrogen-bond acceptors (Lipinski definition) is 2. The monoisotopic (exact) mass is 286 g/mol. The van der Waals surface area contributed by atoms with Crippen LogP contribution in [-0.2, 0) is 6.54 Å². The molecule has 4 atom stereocenters. The summed E-state index contributed by atoms with van der Waals surface area (Å²) in [6, 6.07) is 12.3. The molecule has 0 amide bonds. The van der Waals surface area contributed by atoms with Crippen LogP contribution in [0.4, 0.5) is 0 Å². The van der Waals surface area contributed by atoms with Gasteiger partial charge < -0.3 is 5.32 Å². The number of nitrogens with one attached hydrogen (secondary N) is 1. The zero-order valence-electron chi connectivity index (χ0n) is 13.6. The quantitative estimate of drug-likeness (QED) is 0.908. The van der Waals surface area contributed by atoms with E-state index in [1.807, 2.05) is 0 Å². The normalized spacial score (nSPS) is 34.2. The first-order valence-electron chi connectivity index (χ1n) is 8.73. The van der Waals surface area contributed by atoms with Crippen LogP contribution >= 0.6 is 0 Å². The van der Waals surface area contributed by atoms with Crippen LogP contribution in [0.1, 0.15) is 45.1 Å². The molecule has 0 spiro atoms. The van der Waals surface area contributed by atoms with E-state index < -0.39 is 0 Å². The minimum Gasteiger partial charge on any atom is -0.310 e. The summed E-state index contributed by atoms with van der Waals surface area (Å²) in [7, 11) is 0. The predicted octanol–water partition coefficient (Wildman–Crippen LogP) is 3.68. The van der Waals surface area contributed by atoms with Gasteiger partial charge in [-0.05, 0) is 43.1 Å². The van der Waals surface area contributed by atoms with Gasteiger partial charge in [0.2, 0.25) is 0 Å². The van der Waals surface area contributed by atoms with Crippen molar-refractivity contribution in [3.8, 4) is 0 Å². The van der Waals surface area contributed by atoms with Crippen molar-refractivity contribution in [1.82, 2.24) is 10.2 Å². The van der Waals surface area contributed by atoms with Gasteiger partial charge >= 0.3 is 0 Å². The Bertz CT molecular complexity index is 430. The van der Waals surface area contributed by atoms with Crippen molar-refractivity contribution in [3.63, 3.8) is 0 Å². The van der Waals surface area contributed by atoms with Crippen LogP contribution in [0.3, 0.4) is 0 Å². The molecule has 2 fully saturated rings. The Hall–Kier alpha value is -0.860. The molecule has 1 aliphatic carbocycles. The molecule has 2 heteroatoms. The molecule has 1 aromatic rings. The van der Waals surface area contributed by atoms with Crippen LogP contribution in [-0.4, -0.2) is 30.1 Å². The first-order chi connectivity index (χ1) is 10.2. The number of nitrogens with zero attached hydrogens (tertiary/aromatic N) is 1. The van der Waals surface area contributed by atoms with E-state index in [-0.39, 0.29) is 0 Å². The third kappa shape index (κ3) is 4.08. The van der Waals surface area contributed by atoms with E-state index in [9.17, 15) is 0 Å². The van der Waals surface area contributed by atoms with E-state index in [0.717, 1.165) is 24.4 Å². The number of rotatable bonds is 4. The largest absolute Gasteiger partial charge is 0.310 e. The maximum Gasteiger partial charge on any atom is 0.0234 e. The van der Waals surface area contributed by atoms with Crippen molar-refractivity contribution in [2.75, 3.05) is 13.1 Å². The molecule has 2 aliphatic rings. The highest BCUT2D eigenvalue weighted by atomic mass is 15.2. The topological polar surface area (TPSA) is 15.3 Å². The van der Waals surface area contributed by atoms with E-state index in [0.29, 0.717) is 6.04 Å². The van der Waals surface area contributed by atoms with Gasteiger partial charge in [-0.15, -0.1) is 0 Å². The van der Waals surface area contributed by atoms with E-state index >= 15 is 0 Å². The van der Waals surface area contributed by atoms with Crippen molar-refractivity contribution < 1.29 is 0 Å². The highest BCUT2D eigenvalue weighted by molar-refractivity contribution is 5.14. The smallest absolute Gasteiger partial charge is 0.0234 e. The van der Waals surface area contributed by atoms with Crippen molar-refractivity contribution in [2.45, 2.75) is 58.2 Å². The maximum atomic E-state index is 3.96. The second-order valence-electron chi connectivity index (χ2n) is 7.37. The fourth-order valence-corrected chi connectivity index (χ4v) is 4.17. The van der Waals surface area contributed by atoms with E-state index in [1.54, 1.807) is 0 Å². The molecule has 1 saturated heterocycles. The molecule has 3 rings (SSSR count). The van der Waals surface area contributed by atoms with Crippen LogP contribution in [0.25, 0.3) is 0 Å². The summed E-state index contributed by atoms with van der Waals surface area (Å²) in [6.45, 7) is 8.40. The highest BCUT2D eigenvalue weighted by Crippen LogP contribution is 2.29. The lowest BCUT2D eigenvalue weighted by Gasteiger charge is -2.35. The molecule has 1 heterocycles. The Morgan fingerprint density at radius 1 is 1.10 bits per heavy atom. The summed E-state index contributed by atoms with van der Waals surface area (Å²) < 4.78 is 0. The Kier molecular flexibility index (Phi) is 4.97. The average molecular weight is 286 g/mol. The molecule has 4 unspecified atom stereocenters. The van der Waals surface area contributed by atoms with Gasteiger partial charge in [-0.1, -0.05) is 44.2 Å². The lowest BCUT2D eigenvalue weighted by molar-refractivity contribution is 0.211. The second kappa shape index (κ2) is 6.93. The van der Waals surface area contributed by atoms with Crippen LogP contribution in [0.15, 0.2) is 30.3 Å². The number of likely N-dealkylation sites (tertiary alicyclic amines) is 1. The van der Waals surface area contributed by atoms with Crippen molar-refractivity contribution in [1.29, 1.82) is 0 Å². The van der Waals surface area contributed by atoms with Crippen molar-refractivity contribution in [2.24, 2.45) is 11.8 Å². The summed E-state index contributed by atoms with van der Waals surface area (Å²) in [5, 5.41) is 3.96. The third-order valence-electron chi connectivity index (χ3n) is 5.40. The molecule has 21 heavy (non-hydrogen) atoms. The van der Waals surface area contributed by atoms with E-state index in [2.05, 4.69) is 54.4 Å². The van der Waals surface area contributed by atoms with E-state index in [1.165, 1.54) is 44.3 Å². The summed E-state index contributed by atoms with van der Waals surface area (Å²) in [4.78, 5) is 2.60. The first-order valence-corrected chi connectivity index (χ1v) is 8.73. The molecule has 0 aromatic heterocycles. The van der Waals surface area contributed by atoms with Crippen LogP contribution in [0.2, 0.25) is 0 Å². The molecule has 116 valence electrons. The lowest BCUT2D eigenvalue weighted by atomic mass is 9.79. The van der Waals surface area contributed by atoms with Gasteiger partial charge in [0.1, 0.15) is 0 Å². The summed E-state index contributed by atoms with van der Waals surface area (Å²) in [5.41, 5.74) is 1.44. The summed E-state index contributed by atoms with van der Waals surface area (Å²) >= 11 is 0. The summed E-state index contributed by atoms with van der Waals surface area (Å²) in [6.07, 6.45) is 5.49. The first kappa shape index (κ1) is 15.1. The fourth-order valence-electron chi connectivity index (χ4n) is 4.17. The van der Waals surface area contributed by atoms with Crippen LogP contribution in [0.5, 0.6) is 0 Å². The molecule has 2 nitrogen and oxygen atoms in total. The number of benzene rings is 1. The summed E-state index contributed by atoms with van der Waals surface area (Å²) in [5.74, 6) is 1.77. The van der Waals surface area contributed by atoms with Crippen molar-refractivity contribution >= 4 is 0 Å². The van der Waals surface area contributed by atoms with Gasteiger partial charge in [-0.2, -0.15) is 0 Å². The second-order valence-corrected chi connectivity index (χ2v) is 7.37. The van der Waals surface area contributed by atoms with Gasteiger partial charge in [0, 0.05) is 31.7 Å². The fraction of sp³-hybridized carbons (Fsp3) is 0.684. The maximum absolute atomic E-state index is 3.96. The predicted molar refractivity (Wildman–Crippen MR) is 89.2 cm³/mol. The Morgan fingerprint density at radius 2 is 1.90 bits per heavy atom. The standard InChI is InChI=1S/C19H30N2/c1-15-8-9-19(16(2)12-15)20-18-10-11-21(14-18)13-17-6-4-3-5-7-17/h3-7,15-16,18-20H,8-14H2,1-2H3. The van der Waals surface area contributed by atoms with Gasteiger partial charge in [0.05, 0.1) is 0 Å². The lowest BCUT2D eigenvalue weighted by Crippen LogP contribution is -2.45. The zero-order chi connectivity index (χ0) is 14.7. The molecular weight excluding hydrogens is 256 g/mol. The molecular formula is C19H30N2. The molecule has 1 aromatic carbocycles. The van der Waals surface area contributed by atoms with Gasteiger partial charge in [-0.3, -0.25) is 4.90 Å². The Morgan fingerprint density at radius 3 is 2.67 bits per heavy atom. The minimum atomic E-state index is 0.703. The average Bonchev–Trinajstić information content (AvgIpc) is 2.90.